The molecule has 1 aromatic heterocycles. The Balaban J connectivity index is 2.02. The summed E-state index contributed by atoms with van der Waals surface area (Å²) in [7, 11) is 1.44. The normalized spacial score (nSPS) is 10.3. The van der Waals surface area contributed by atoms with Crippen LogP contribution < -0.4 is 10.1 Å². The Labute approximate surface area is 102 Å². The molecule has 0 saturated carbocycles. The minimum Gasteiger partial charge on any atom is -0.494 e. The highest BCUT2D eigenvalue weighted by molar-refractivity contribution is 7.15. The molecule has 90 valence electrons. The largest absolute Gasteiger partial charge is 0.494 e. The second-order valence-corrected chi connectivity index (χ2v) is 4.63. The molecule has 0 amide bonds. The first-order chi connectivity index (χ1) is 8.19. The van der Waals surface area contributed by atoms with Gasteiger partial charge in [0.25, 0.3) is 0 Å². The molecule has 0 aliphatic rings. The molecule has 17 heavy (non-hydrogen) atoms. The van der Waals surface area contributed by atoms with E-state index < -0.39 is 0 Å². The van der Waals surface area contributed by atoms with Crippen LogP contribution in [0.5, 0.6) is 5.75 Å². The Morgan fingerprint density at radius 1 is 1.41 bits per heavy atom. The molecule has 0 atom stereocenters. The van der Waals surface area contributed by atoms with E-state index in [4.69, 9.17) is 4.74 Å². The molecular weight excluding hydrogens is 241 g/mol. The highest BCUT2D eigenvalue weighted by atomic mass is 32.1. The highest BCUT2D eigenvalue weighted by Crippen LogP contribution is 2.19. The second kappa shape index (κ2) is 5.09. The maximum Gasteiger partial charge on any atom is 0.205 e. The Kier molecular flexibility index (Phi) is 3.53. The molecule has 0 aliphatic carbocycles. The van der Waals surface area contributed by atoms with Crippen molar-refractivity contribution >= 4 is 16.5 Å². The van der Waals surface area contributed by atoms with Gasteiger partial charge in [-0.15, -0.1) is 10.2 Å². The molecule has 2 rings (SSSR count). The van der Waals surface area contributed by atoms with E-state index in [0.29, 0.717) is 6.54 Å². The number of aryl methyl sites for hydroxylation is 1. The van der Waals surface area contributed by atoms with Gasteiger partial charge in [-0.2, -0.15) is 0 Å². The first-order valence-corrected chi connectivity index (χ1v) is 5.87. The molecule has 1 N–H and O–H groups in total. The summed E-state index contributed by atoms with van der Waals surface area (Å²) in [4.78, 5) is 0. The summed E-state index contributed by atoms with van der Waals surface area (Å²) in [5.41, 5.74) is 0.830. The Morgan fingerprint density at radius 2 is 2.24 bits per heavy atom. The van der Waals surface area contributed by atoms with E-state index in [1.54, 1.807) is 6.07 Å². The van der Waals surface area contributed by atoms with E-state index in [1.165, 1.54) is 24.5 Å². The Bertz CT molecular complexity index is 515. The fourth-order valence-corrected chi connectivity index (χ4v) is 1.95. The van der Waals surface area contributed by atoms with Gasteiger partial charge in [-0.3, -0.25) is 0 Å². The first kappa shape index (κ1) is 11.8. The molecule has 6 heteroatoms. The van der Waals surface area contributed by atoms with Gasteiger partial charge in [-0.05, 0) is 24.6 Å². The van der Waals surface area contributed by atoms with Gasteiger partial charge in [-0.25, -0.2) is 4.39 Å². The monoisotopic (exact) mass is 253 g/mol. The number of benzene rings is 1. The van der Waals surface area contributed by atoms with Gasteiger partial charge in [0.2, 0.25) is 5.13 Å². The fraction of sp³-hybridized carbons (Fsp3) is 0.273. The summed E-state index contributed by atoms with van der Waals surface area (Å²) in [5, 5.41) is 12.5. The Morgan fingerprint density at radius 3 is 2.82 bits per heavy atom. The van der Waals surface area contributed by atoms with Crippen molar-refractivity contribution in [1.82, 2.24) is 10.2 Å². The third-order valence-electron chi connectivity index (χ3n) is 2.19. The summed E-state index contributed by atoms with van der Waals surface area (Å²) >= 11 is 1.47. The zero-order valence-electron chi connectivity index (χ0n) is 9.53. The predicted octanol–water partition coefficient (Wildman–Crippen LogP) is 2.61. The summed E-state index contributed by atoms with van der Waals surface area (Å²) in [6.07, 6.45) is 0. The van der Waals surface area contributed by atoms with Gasteiger partial charge in [-0.1, -0.05) is 17.4 Å². The van der Waals surface area contributed by atoms with Crippen LogP contribution in [-0.2, 0) is 6.54 Å². The number of anilines is 1. The lowest BCUT2D eigenvalue weighted by Gasteiger charge is -2.05. The molecule has 2 aromatic rings. The van der Waals surface area contributed by atoms with E-state index in [0.717, 1.165) is 15.7 Å². The summed E-state index contributed by atoms with van der Waals surface area (Å²) < 4.78 is 18.3. The van der Waals surface area contributed by atoms with Gasteiger partial charge in [0.15, 0.2) is 11.6 Å². The summed E-state index contributed by atoms with van der Waals surface area (Å²) in [6, 6.07) is 4.86. The SMILES string of the molecule is COc1ccc(CNc2nnc(C)s2)cc1F. The minimum absolute atomic E-state index is 0.250. The zero-order chi connectivity index (χ0) is 12.3. The molecule has 0 aliphatic heterocycles. The van der Waals surface area contributed by atoms with Crippen LogP contribution in [0.4, 0.5) is 9.52 Å². The van der Waals surface area contributed by atoms with E-state index in [-0.39, 0.29) is 11.6 Å². The van der Waals surface area contributed by atoms with E-state index in [1.807, 2.05) is 13.0 Å². The topological polar surface area (TPSA) is 47.0 Å². The van der Waals surface area contributed by atoms with Crippen LogP contribution in [0, 0.1) is 12.7 Å². The predicted molar refractivity (Wildman–Crippen MR) is 64.9 cm³/mol. The molecule has 0 spiro atoms. The molecule has 0 radical (unpaired) electrons. The number of halogens is 1. The number of hydrogen-bond acceptors (Lipinski definition) is 5. The first-order valence-electron chi connectivity index (χ1n) is 5.05. The van der Waals surface area contributed by atoms with Crippen molar-refractivity contribution in [3.8, 4) is 5.75 Å². The van der Waals surface area contributed by atoms with Crippen molar-refractivity contribution in [2.24, 2.45) is 0 Å². The third-order valence-corrected chi connectivity index (χ3v) is 2.98. The van der Waals surface area contributed by atoms with Crippen LogP contribution in [0.2, 0.25) is 0 Å². The number of ether oxygens (including phenoxy) is 1. The average molecular weight is 253 g/mol. The van der Waals surface area contributed by atoms with Crippen LogP contribution in [0.1, 0.15) is 10.6 Å². The van der Waals surface area contributed by atoms with Gasteiger partial charge in [0, 0.05) is 6.54 Å². The maximum atomic E-state index is 13.4. The molecule has 0 saturated heterocycles. The van der Waals surface area contributed by atoms with Crippen LogP contribution in [-0.4, -0.2) is 17.3 Å². The smallest absolute Gasteiger partial charge is 0.205 e. The number of nitrogens with one attached hydrogen (secondary N) is 1. The van der Waals surface area contributed by atoms with Gasteiger partial charge in [0.05, 0.1) is 7.11 Å². The van der Waals surface area contributed by atoms with Gasteiger partial charge in [0.1, 0.15) is 5.01 Å². The van der Waals surface area contributed by atoms with Crippen LogP contribution in [0.3, 0.4) is 0 Å². The van der Waals surface area contributed by atoms with E-state index >= 15 is 0 Å². The Hall–Kier alpha value is -1.69. The average Bonchev–Trinajstić information content (AvgIpc) is 2.73. The van der Waals surface area contributed by atoms with Crippen LogP contribution in [0.25, 0.3) is 0 Å². The molecular formula is C11H12FN3OS. The van der Waals surface area contributed by atoms with Crippen molar-refractivity contribution in [3.05, 3.63) is 34.6 Å². The second-order valence-electron chi connectivity index (χ2n) is 3.45. The van der Waals surface area contributed by atoms with Crippen molar-refractivity contribution in [2.75, 3.05) is 12.4 Å². The van der Waals surface area contributed by atoms with Crippen molar-refractivity contribution < 1.29 is 9.13 Å². The summed E-state index contributed by atoms with van der Waals surface area (Å²) in [5.74, 6) is -0.110. The number of aromatic nitrogens is 2. The lowest BCUT2D eigenvalue weighted by molar-refractivity contribution is 0.386. The van der Waals surface area contributed by atoms with Crippen LogP contribution in [0.15, 0.2) is 18.2 Å². The molecule has 0 fully saturated rings. The standard InChI is InChI=1S/C11H12FN3OS/c1-7-14-15-11(17-7)13-6-8-3-4-10(16-2)9(12)5-8/h3-5H,6H2,1-2H3,(H,13,15). The number of nitrogens with zero attached hydrogens (tertiary/aromatic N) is 2. The highest BCUT2D eigenvalue weighted by Gasteiger charge is 2.04. The van der Waals surface area contributed by atoms with E-state index in [2.05, 4.69) is 15.5 Å². The van der Waals surface area contributed by atoms with Crippen molar-refractivity contribution in [3.63, 3.8) is 0 Å². The molecule has 1 aromatic carbocycles. The number of rotatable bonds is 4. The van der Waals surface area contributed by atoms with Crippen molar-refractivity contribution in [1.29, 1.82) is 0 Å². The van der Waals surface area contributed by atoms with Gasteiger partial charge >= 0.3 is 0 Å². The van der Waals surface area contributed by atoms with Gasteiger partial charge < -0.3 is 10.1 Å². The lowest BCUT2D eigenvalue weighted by Crippen LogP contribution is -2.00. The summed E-state index contributed by atoms with van der Waals surface area (Å²) in [6.45, 7) is 2.39. The zero-order valence-corrected chi connectivity index (χ0v) is 10.3. The third kappa shape index (κ3) is 2.91. The quantitative estimate of drug-likeness (QED) is 0.909. The maximum absolute atomic E-state index is 13.4. The minimum atomic E-state index is -0.361. The lowest BCUT2D eigenvalue weighted by atomic mass is 10.2. The molecule has 4 nitrogen and oxygen atoms in total. The van der Waals surface area contributed by atoms with E-state index in [9.17, 15) is 4.39 Å². The van der Waals surface area contributed by atoms with Crippen LogP contribution >= 0.6 is 11.3 Å². The van der Waals surface area contributed by atoms with Crippen molar-refractivity contribution in [2.45, 2.75) is 13.5 Å². The number of methoxy groups -OCH3 is 1. The number of hydrogen-bond donors (Lipinski definition) is 1. The fourth-order valence-electron chi connectivity index (χ4n) is 1.37. The molecule has 0 bridgehead atoms. The molecule has 0 unspecified atom stereocenters. The molecule has 1 heterocycles.